The van der Waals surface area contributed by atoms with Crippen molar-refractivity contribution in [2.24, 2.45) is 11.5 Å². The van der Waals surface area contributed by atoms with Crippen LogP contribution in [0.3, 0.4) is 0 Å². The fourth-order valence-corrected chi connectivity index (χ4v) is 3.60. The molecule has 0 bridgehead atoms. The van der Waals surface area contributed by atoms with Crippen LogP contribution in [0.4, 0.5) is 0 Å². The van der Waals surface area contributed by atoms with Gasteiger partial charge in [-0.1, -0.05) is 42.5 Å². The molecule has 2 aromatic rings. The number of hydrogen-bond donors (Lipinski definition) is 8. The molecular weight excluding hydrogens is 510 g/mol. The zero-order chi connectivity index (χ0) is 28.9. The molecule has 210 valence electrons. The molecule has 0 radical (unpaired) electrons. The highest BCUT2D eigenvalue weighted by atomic mass is 16.4. The minimum absolute atomic E-state index is 0.0314. The number of carboxylic acid groups (broad SMARTS) is 1. The number of carboxylic acids is 1. The van der Waals surface area contributed by atoms with Crippen molar-refractivity contribution < 1.29 is 39.3 Å². The Morgan fingerprint density at radius 1 is 0.744 bits per heavy atom. The second kappa shape index (κ2) is 15.1. The number of aromatic hydroxyl groups is 1. The SMILES string of the molecule is NC(=O)CCC(NC(=O)C(Cc1ccc(O)cc1)NC(=O)C(CO)NC(=O)C(N)Cc1ccccc1)C(=O)O. The summed E-state index contributed by atoms with van der Waals surface area (Å²) in [6.07, 6.45) is -0.515. The number of aliphatic carboxylic acids is 1. The fourth-order valence-electron chi connectivity index (χ4n) is 3.60. The predicted octanol–water partition coefficient (Wildman–Crippen LogP) is -1.70. The molecule has 0 saturated carbocycles. The molecule has 0 spiro atoms. The van der Waals surface area contributed by atoms with Crippen molar-refractivity contribution in [1.82, 2.24) is 16.0 Å². The van der Waals surface area contributed by atoms with Gasteiger partial charge in [0.1, 0.15) is 23.9 Å². The van der Waals surface area contributed by atoms with E-state index in [1.165, 1.54) is 24.3 Å². The Hall–Kier alpha value is -4.49. The average Bonchev–Trinajstić information content (AvgIpc) is 2.90. The van der Waals surface area contributed by atoms with Gasteiger partial charge < -0.3 is 42.7 Å². The van der Waals surface area contributed by atoms with Crippen molar-refractivity contribution in [3.05, 3.63) is 65.7 Å². The number of hydrogen-bond acceptors (Lipinski definition) is 8. The number of carbonyl (C=O) groups is 5. The van der Waals surface area contributed by atoms with Crippen molar-refractivity contribution >= 4 is 29.6 Å². The molecule has 0 fully saturated rings. The molecule has 4 amide bonds. The van der Waals surface area contributed by atoms with E-state index in [0.717, 1.165) is 5.56 Å². The predicted molar refractivity (Wildman–Crippen MR) is 139 cm³/mol. The van der Waals surface area contributed by atoms with Gasteiger partial charge in [0.05, 0.1) is 12.6 Å². The van der Waals surface area contributed by atoms with E-state index in [9.17, 15) is 39.3 Å². The molecule has 4 atom stereocenters. The van der Waals surface area contributed by atoms with Crippen LogP contribution < -0.4 is 27.4 Å². The summed E-state index contributed by atoms with van der Waals surface area (Å²) >= 11 is 0. The first-order valence-electron chi connectivity index (χ1n) is 12.1. The first-order chi connectivity index (χ1) is 18.5. The topological polar surface area (TPSA) is 234 Å². The Bertz CT molecular complexity index is 1140. The van der Waals surface area contributed by atoms with Gasteiger partial charge in [0.25, 0.3) is 0 Å². The van der Waals surface area contributed by atoms with E-state index in [4.69, 9.17) is 11.5 Å². The number of primary amides is 1. The molecular formula is C26H33N5O8. The summed E-state index contributed by atoms with van der Waals surface area (Å²) in [5.74, 6) is -4.71. The molecule has 39 heavy (non-hydrogen) atoms. The van der Waals surface area contributed by atoms with Crippen LogP contribution in [0.2, 0.25) is 0 Å². The van der Waals surface area contributed by atoms with Gasteiger partial charge in [-0.05, 0) is 36.1 Å². The number of phenolic OH excluding ortho intramolecular Hbond substituents is 1. The van der Waals surface area contributed by atoms with Crippen molar-refractivity contribution in [3.8, 4) is 5.75 Å². The molecule has 10 N–H and O–H groups in total. The second-order valence-electron chi connectivity index (χ2n) is 8.88. The summed E-state index contributed by atoms with van der Waals surface area (Å²) in [7, 11) is 0. The van der Waals surface area contributed by atoms with E-state index in [1.807, 2.05) is 6.07 Å². The zero-order valence-electron chi connectivity index (χ0n) is 21.1. The van der Waals surface area contributed by atoms with E-state index in [1.54, 1.807) is 24.3 Å². The highest BCUT2D eigenvalue weighted by molar-refractivity contribution is 5.94. The third-order valence-electron chi connectivity index (χ3n) is 5.75. The van der Waals surface area contributed by atoms with Crippen molar-refractivity contribution in [3.63, 3.8) is 0 Å². The van der Waals surface area contributed by atoms with Crippen LogP contribution in [0.25, 0.3) is 0 Å². The maximum Gasteiger partial charge on any atom is 0.326 e. The van der Waals surface area contributed by atoms with Crippen molar-refractivity contribution in [2.75, 3.05) is 6.61 Å². The Morgan fingerprint density at radius 2 is 1.28 bits per heavy atom. The van der Waals surface area contributed by atoms with E-state index >= 15 is 0 Å². The fraction of sp³-hybridized carbons (Fsp3) is 0.346. The van der Waals surface area contributed by atoms with Gasteiger partial charge in [0.2, 0.25) is 23.6 Å². The normalized spacial score (nSPS) is 13.8. The van der Waals surface area contributed by atoms with E-state index in [0.29, 0.717) is 5.56 Å². The molecule has 0 saturated heterocycles. The second-order valence-corrected chi connectivity index (χ2v) is 8.88. The van der Waals surface area contributed by atoms with Gasteiger partial charge >= 0.3 is 5.97 Å². The molecule has 0 aliphatic rings. The standard InChI is InChI=1S/C26H33N5O8/c27-18(12-15-4-2-1-3-5-15)23(35)31-21(14-32)25(37)30-20(13-16-6-8-17(33)9-7-16)24(36)29-19(26(38)39)10-11-22(28)34/h1-9,18-21,32-33H,10-14,27H2,(H2,28,34)(H,29,36)(H,30,37)(H,31,35)(H,38,39). The van der Waals surface area contributed by atoms with Gasteiger partial charge in [-0.3, -0.25) is 19.2 Å². The number of phenols is 1. The van der Waals surface area contributed by atoms with Crippen LogP contribution in [0.15, 0.2) is 54.6 Å². The Labute approximate surface area is 224 Å². The van der Waals surface area contributed by atoms with E-state index in [2.05, 4.69) is 16.0 Å². The average molecular weight is 544 g/mol. The van der Waals surface area contributed by atoms with Crippen LogP contribution in [0, 0.1) is 0 Å². The van der Waals surface area contributed by atoms with Gasteiger partial charge in [-0.15, -0.1) is 0 Å². The van der Waals surface area contributed by atoms with Crippen LogP contribution in [0.1, 0.15) is 24.0 Å². The lowest BCUT2D eigenvalue weighted by Crippen LogP contribution is -2.58. The summed E-state index contributed by atoms with van der Waals surface area (Å²) < 4.78 is 0. The molecule has 4 unspecified atom stereocenters. The third-order valence-corrected chi connectivity index (χ3v) is 5.75. The van der Waals surface area contributed by atoms with E-state index in [-0.39, 0.29) is 31.4 Å². The Morgan fingerprint density at radius 3 is 1.85 bits per heavy atom. The molecule has 0 heterocycles. The quantitative estimate of drug-likeness (QED) is 0.128. The zero-order valence-corrected chi connectivity index (χ0v) is 21.1. The number of benzene rings is 2. The first-order valence-corrected chi connectivity index (χ1v) is 12.1. The lowest BCUT2D eigenvalue weighted by Gasteiger charge is -2.24. The lowest BCUT2D eigenvalue weighted by molar-refractivity contribution is -0.142. The number of aliphatic hydroxyl groups excluding tert-OH is 1. The smallest absolute Gasteiger partial charge is 0.326 e. The van der Waals surface area contributed by atoms with Crippen LogP contribution in [-0.4, -0.2) is 75.7 Å². The van der Waals surface area contributed by atoms with Crippen LogP contribution in [-0.2, 0) is 36.8 Å². The highest BCUT2D eigenvalue weighted by Gasteiger charge is 2.30. The Kier molecular flexibility index (Phi) is 11.9. The van der Waals surface area contributed by atoms with Gasteiger partial charge in [-0.2, -0.15) is 0 Å². The third kappa shape index (κ3) is 10.4. The summed E-state index contributed by atoms with van der Waals surface area (Å²) in [4.78, 5) is 61.2. The highest BCUT2D eigenvalue weighted by Crippen LogP contribution is 2.12. The minimum Gasteiger partial charge on any atom is -0.508 e. The van der Waals surface area contributed by atoms with Gasteiger partial charge in [-0.25, -0.2) is 4.79 Å². The lowest BCUT2D eigenvalue weighted by atomic mass is 10.0. The molecule has 0 aliphatic heterocycles. The maximum absolute atomic E-state index is 13.0. The molecule has 0 aliphatic carbocycles. The minimum atomic E-state index is -1.46. The summed E-state index contributed by atoms with van der Waals surface area (Å²) in [5.41, 5.74) is 12.3. The molecule has 0 aromatic heterocycles. The first kappa shape index (κ1) is 30.7. The van der Waals surface area contributed by atoms with Crippen LogP contribution >= 0.6 is 0 Å². The molecule has 13 heteroatoms. The van der Waals surface area contributed by atoms with Crippen molar-refractivity contribution in [1.29, 1.82) is 0 Å². The van der Waals surface area contributed by atoms with Gasteiger partial charge in [0.15, 0.2) is 0 Å². The summed E-state index contributed by atoms with van der Waals surface area (Å²) in [5, 5.41) is 35.8. The number of amides is 4. The number of nitrogens with one attached hydrogen (secondary N) is 3. The monoisotopic (exact) mass is 543 g/mol. The largest absolute Gasteiger partial charge is 0.508 e. The van der Waals surface area contributed by atoms with Gasteiger partial charge in [0, 0.05) is 12.8 Å². The molecule has 13 nitrogen and oxygen atoms in total. The number of nitrogens with two attached hydrogens (primary N) is 2. The summed E-state index contributed by atoms with van der Waals surface area (Å²) in [6, 6.07) is 9.37. The van der Waals surface area contributed by atoms with E-state index < -0.39 is 60.4 Å². The molecule has 2 aromatic carbocycles. The van der Waals surface area contributed by atoms with Crippen LogP contribution in [0.5, 0.6) is 5.75 Å². The number of rotatable bonds is 15. The number of aliphatic hydroxyl groups is 1. The number of carbonyl (C=O) groups excluding carboxylic acids is 4. The Balaban J connectivity index is 2.14. The molecule has 2 rings (SSSR count). The maximum atomic E-state index is 13.0. The van der Waals surface area contributed by atoms with Crippen molar-refractivity contribution in [2.45, 2.75) is 49.9 Å². The summed E-state index contributed by atoms with van der Waals surface area (Å²) in [6.45, 7) is -0.806.